The van der Waals surface area contributed by atoms with E-state index in [-0.39, 0.29) is 11.4 Å². The average Bonchev–Trinajstić information content (AvgIpc) is 3.02. The zero-order valence-electron chi connectivity index (χ0n) is 11.7. The number of para-hydroxylation sites is 2. The predicted octanol–water partition coefficient (Wildman–Crippen LogP) is 4.32. The van der Waals surface area contributed by atoms with Crippen LogP contribution >= 0.6 is 0 Å². The number of H-pyrrole nitrogens is 1. The minimum atomic E-state index is -2.26. The summed E-state index contributed by atoms with van der Waals surface area (Å²) in [6.07, 6.45) is 0.563. The van der Waals surface area contributed by atoms with Crippen LogP contribution in [0, 0.1) is 40.4 Å². The summed E-state index contributed by atoms with van der Waals surface area (Å²) in [7, 11) is 0. The van der Waals surface area contributed by atoms with Crippen LogP contribution in [0.2, 0.25) is 0 Å². The lowest BCUT2D eigenvalue weighted by Crippen LogP contribution is -2.04. The number of hydrogen-bond acceptors (Lipinski definition) is 2. The fourth-order valence-corrected chi connectivity index (χ4v) is 2.13. The van der Waals surface area contributed by atoms with E-state index in [1.54, 1.807) is 30.3 Å². The first-order valence-corrected chi connectivity index (χ1v) is 6.52. The number of allylic oxidation sites excluding steroid dienone is 1. The van der Waals surface area contributed by atoms with Gasteiger partial charge in [-0.25, -0.2) is 26.9 Å². The highest BCUT2D eigenvalue weighted by molar-refractivity contribution is 5.90. The SMILES string of the molecule is N#CC(=Cc1c(F)c(F)c(F)c(F)c1F)c1nc2ccccc2[nH]1. The quantitative estimate of drug-likeness (QED) is 0.328. The van der Waals surface area contributed by atoms with Crippen LogP contribution < -0.4 is 0 Å². The second-order valence-corrected chi connectivity index (χ2v) is 4.76. The van der Waals surface area contributed by atoms with Gasteiger partial charge in [0.05, 0.1) is 22.2 Å². The van der Waals surface area contributed by atoms with Crippen LogP contribution in [-0.4, -0.2) is 9.97 Å². The fraction of sp³-hybridized carbons (Fsp3) is 0. The van der Waals surface area contributed by atoms with Gasteiger partial charge in [0.25, 0.3) is 0 Å². The zero-order valence-corrected chi connectivity index (χ0v) is 11.7. The number of fused-ring (bicyclic) bond motifs is 1. The van der Waals surface area contributed by atoms with E-state index < -0.39 is 34.6 Å². The number of aromatic amines is 1. The Hall–Kier alpha value is -3.21. The van der Waals surface area contributed by atoms with Crippen molar-refractivity contribution in [3.05, 3.63) is 64.7 Å². The Kier molecular flexibility index (Phi) is 3.77. The molecule has 24 heavy (non-hydrogen) atoms. The Morgan fingerprint density at radius 3 is 2.12 bits per heavy atom. The lowest BCUT2D eigenvalue weighted by molar-refractivity contribution is 0.377. The van der Waals surface area contributed by atoms with E-state index in [1.807, 2.05) is 0 Å². The van der Waals surface area contributed by atoms with Crippen molar-refractivity contribution < 1.29 is 22.0 Å². The molecule has 3 nitrogen and oxygen atoms in total. The second kappa shape index (κ2) is 5.77. The second-order valence-electron chi connectivity index (χ2n) is 4.76. The van der Waals surface area contributed by atoms with Gasteiger partial charge < -0.3 is 4.98 Å². The molecule has 3 rings (SSSR count). The van der Waals surface area contributed by atoms with Crippen molar-refractivity contribution in [1.29, 1.82) is 5.26 Å². The molecule has 0 saturated heterocycles. The molecule has 1 N–H and O–H groups in total. The molecule has 2 aromatic carbocycles. The van der Waals surface area contributed by atoms with Gasteiger partial charge in [0.15, 0.2) is 23.3 Å². The van der Waals surface area contributed by atoms with Crippen LogP contribution in [0.25, 0.3) is 22.7 Å². The first-order valence-electron chi connectivity index (χ1n) is 6.52. The van der Waals surface area contributed by atoms with Gasteiger partial charge in [0.1, 0.15) is 11.9 Å². The van der Waals surface area contributed by atoms with Gasteiger partial charge in [-0.3, -0.25) is 0 Å². The molecule has 0 spiro atoms. The third-order valence-corrected chi connectivity index (χ3v) is 3.30. The number of benzene rings is 2. The third-order valence-electron chi connectivity index (χ3n) is 3.30. The fourth-order valence-electron chi connectivity index (χ4n) is 2.13. The van der Waals surface area contributed by atoms with Crippen LogP contribution in [0.3, 0.4) is 0 Å². The molecule has 1 aromatic heterocycles. The molecule has 0 amide bonds. The highest BCUT2D eigenvalue weighted by Gasteiger charge is 2.25. The average molecular weight is 335 g/mol. The molecule has 0 unspecified atom stereocenters. The Morgan fingerprint density at radius 2 is 1.54 bits per heavy atom. The van der Waals surface area contributed by atoms with Crippen LogP contribution in [0.4, 0.5) is 22.0 Å². The molecule has 0 radical (unpaired) electrons. The molecule has 8 heteroatoms. The normalized spacial score (nSPS) is 11.8. The highest BCUT2D eigenvalue weighted by Crippen LogP contribution is 2.27. The molecule has 120 valence electrons. The number of imidazole rings is 1. The van der Waals surface area contributed by atoms with Crippen molar-refractivity contribution in [3.8, 4) is 6.07 Å². The summed E-state index contributed by atoms with van der Waals surface area (Å²) in [6.45, 7) is 0. The van der Waals surface area contributed by atoms with Crippen LogP contribution in [-0.2, 0) is 0 Å². The monoisotopic (exact) mass is 335 g/mol. The number of nitrogens with one attached hydrogen (secondary N) is 1. The van der Waals surface area contributed by atoms with Crippen molar-refractivity contribution >= 4 is 22.7 Å². The van der Waals surface area contributed by atoms with Gasteiger partial charge in [0, 0.05) is 0 Å². The lowest BCUT2D eigenvalue weighted by Gasteiger charge is -2.04. The standard InChI is InChI=1S/C16H6F5N3/c17-11-8(12(18)14(20)15(21)13(11)19)5-7(6-22)16-23-9-3-1-2-4-10(9)24-16/h1-5H,(H,23,24). The number of nitrogens with zero attached hydrogens (tertiary/aromatic N) is 2. The maximum Gasteiger partial charge on any atom is 0.200 e. The molecule has 0 bridgehead atoms. The Labute approximate surface area is 131 Å². The summed E-state index contributed by atoms with van der Waals surface area (Å²) in [6, 6.07) is 8.30. The highest BCUT2D eigenvalue weighted by atomic mass is 19.2. The smallest absolute Gasteiger partial charge is 0.200 e. The first-order chi connectivity index (χ1) is 11.4. The van der Waals surface area contributed by atoms with Crippen LogP contribution in [0.1, 0.15) is 11.4 Å². The van der Waals surface area contributed by atoms with E-state index >= 15 is 0 Å². The summed E-state index contributed by atoms with van der Waals surface area (Å²) in [4.78, 5) is 6.79. The molecular formula is C16H6F5N3. The van der Waals surface area contributed by atoms with E-state index in [1.165, 1.54) is 0 Å². The summed E-state index contributed by atoms with van der Waals surface area (Å²) in [5, 5.41) is 9.16. The van der Waals surface area contributed by atoms with Crippen LogP contribution in [0.5, 0.6) is 0 Å². The lowest BCUT2D eigenvalue weighted by atomic mass is 10.1. The molecule has 0 atom stereocenters. The van der Waals surface area contributed by atoms with E-state index in [4.69, 9.17) is 5.26 Å². The van der Waals surface area contributed by atoms with Gasteiger partial charge in [0.2, 0.25) is 5.82 Å². The van der Waals surface area contributed by atoms with Crippen LogP contribution in [0.15, 0.2) is 24.3 Å². The van der Waals surface area contributed by atoms with Crippen molar-refractivity contribution in [2.75, 3.05) is 0 Å². The molecular weight excluding hydrogens is 329 g/mol. The van der Waals surface area contributed by atoms with Crippen molar-refractivity contribution in [2.24, 2.45) is 0 Å². The topological polar surface area (TPSA) is 52.5 Å². The Morgan fingerprint density at radius 1 is 0.958 bits per heavy atom. The maximum atomic E-state index is 13.7. The molecule has 0 aliphatic heterocycles. The van der Waals surface area contributed by atoms with Gasteiger partial charge in [-0.1, -0.05) is 12.1 Å². The summed E-state index contributed by atoms with van der Waals surface area (Å²) in [5.41, 5.74) is -0.560. The zero-order chi connectivity index (χ0) is 17.4. The number of rotatable bonds is 2. The third kappa shape index (κ3) is 2.40. The van der Waals surface area contributed by atoms with Crippen molar-refractivity contribution in [3.63, 3.8) is 0 Å². The molecule has 3 aromatic rings. The summed E-state index contributed by atoms with van der Waals surface area (Å²) < 4.78 is 66.9. The number of halogens is 5. The minimum absolute atomic E-state index is 0.0531. The number of aromatic nitrogens is 2. The number of hydrogen-bond donors (Lipinski definition) is 1. The largest absolute Gasteiger partial charge is 0.337 e. The Balaban J connectivity index is 2.21. The van der Waals surface area contributed by atoms with Gasteiger partial charge in [-0.2, -0.15) is 5.26 Å². The van der Waals surface area contributed by atoms with Gasteiger partial charge >= 0.3 is 0 Å². The first kappa shape index (κ1) is 15.7. The van der Waals surface area contributed by atoms with E-state index in [0.717, 1.165) is 0 Å². The molecule has 0 aliphatic rings. The Bertz CT molecular complexity index is 968. The summed E-state index contributed by atoms with van der Waals surface area (Å²) >= 11 is 0. The molecule has 0 saturated carbocycles. The number of nitriles is 1. The molecule has 0 aliphatic carbocycles. The van der Waals surface area contributed by atoms with E-state index in [2.05, 4.69) is 9.97 Å². The van der Waals surface area contributed by atoms with E-state index in [0.29, 0.717) is 17.1 Å². The minimum Gasteiger partial charge on any atom is -0.337 e. The van der Waals surface area contributed by atoms with Crippen molar-refractivity contribution in [2.45, 2.75) is 0 Å². The predicted molar refractivity (Wildman–Crippen MR) is 75.8 cm³/mol. The van der Waals surface area contributed by atoms with E-state index in [9.17, 15) is 22.0 Å². The summed E-state index contributed by atoms with van der Waals surface area (Å²) in [5.74, 6) is -10.5. The van der Waals surface area contributed by atoms with Crippen molar-refractivity contribution in [1.82, 2.24) is 9.97 Å². The maximum absolute atomic E-state index is 13.7. The van der Waals surface area contributed by atoms with Gasteiger partial charge in [-0.15, -0.1) is 0 Å². The van der Waals surface area contributed by atoms with Gasteiger partial charge in [-0.05, 0) is 18.2 Å². The molecule has 0 fully saturated rings. The molecule has 1 heterocycles.